The number of oxazole rings is 1. The molecule has 1 aliphatic carbocycles. The predicted octanol–water partition coefficient (Wildman–Crippen LogP) is 3.82. The van der Waals surface area contributed by atoms with Crippen LogP contribution in [-0.4, -0.2) is 19.7 Å². The number of benzene rings is 1. The number of aryl methyl sites for hydroxylation is 1. The standard InChI is InChI=1S/C16H15ClN4O/c1-10-14(8-21-9-18-15(20-21)11-5-6-11)19-16(22-10)12-3-2-4-13(17)7-12/h2-4,7,9,11H,5-6,8H2,1H3. The van der Waals surface area contributed by atoms with Gasteiger partial charge >= 0.3 is 0 Å². The molecule has 2 aromatic heterocycles. The predicted molar refractivity (Wildman–Crippen MR) is 82.8 cm³/mol. The molecule has 3 aromatic rings. The largest absolute Gasteiger partial charge is 0.441 e. The van der Waals surface area contributed by atoms with Gasteiger partial charge in [0.05, 0.1) is 6.54 Å². The highest BCUT2D eigenvalue weighted by Gasteiger charge is 2.27. The summed E-state index contributed by atoms with van der Waals surface area (Å²) in [4.78, 5) is 8.93. The van der Waals surface area contributed by atoms with Crippen LogP contribution in [0.4, 0.5) is 0 Å². The highest BCUT2D eigenvalue weighted by atomic mass is 35.5. The molecule has 1 aromatic carbocycles. The SMILES string of the molecule is Cc1oc(-c2cccc(Cl)c2)nc1Cn1cnc(C2CC2)n1. The van der Waals surface area contributed by atoms with Gasteiger partial charge in [-0.1, -0.05) is 17.7 Å². The highest BCUT2D eigenvalue weighted by molar-refractivity contribution is 6.30. The lowest BCUT2D eigenvalue weighted by Crippen LogP contribution is -2.02. The second-order valence-electron chi connectivity index (χ2n) is 5.61. The fraction of sp³-hybridized carbons (Fsp3) is 0.312. The number of hydrogen-bond acceptors (Lipinski definition) is 4. The normalized spacial score (nSPS) is 14.5. The molecule has 5 nitrogen and oxygen atoms in total. The first kappa shape index (κ1) is 13.5. The zero-order valence-corrected chi connectivity index (χ0v) is 12.9. The van der Waals surface area contributed by atoms with Crippen molar-refractivity contribution in [3.63, 3.8) is 0 Å². The first-order valence-electron chi connectivity index (χ1n) is 7.30. The fourth-order valence-corrected chi connectivity index (χ4v) is 2.58. The highest BCUT2D eigenvalue weighted by Crippen LogP contribution is 2.37. The summed E-state index contributed by atoms with van der Waals surface area (Å²) < 4.78 is 7.58. The van der Waals surface area contributed by atoms with Crippen molar-refractivity contribution < 1.29 is 4.42 Å². The molecule has 0 radical (unpaired) electrons. The molecule has 0 atom stereocenters. The number of halogens is 1. The van der Waals surface area contributed by atoms with Gasteiger partial charge in [0.1, 0.15) is 17.8 Å². The Morgan fingerprint density at radius 1 is 1.36 bits per heavy atom. The average Bonchev–Trinajstić information content (AvgIpc) is 3.15. The van der Waals surface area contributed by atoms with E-state index in [1.54, 1.807) is 6.33 Å². The minimum absolute atomic E-state index is 0.557. The molecular weight excluding hydrogens is 300 g/mol. The van der Waals surface area contributed by atoms with Crippen molar-refractivity contribution in [2.75, 3.05) is 0 Å². The van der Waals surface area contributed by atoms with Crippen molar-refractivity contribution in [2.45, 2.75) is 32.2 Å². The second kappa shape index (κ2) is 5.25. The van der Waals surface area contributed by atoms with Gasteiger partial charge in [-0.3, -0.25) is 0 Å². The monoisotopic (exact) mass is 314 g/mol. The van der Waals surface area contributed by atoms with Crippen LogP contribution in [-0.2, 0) is 6.54 Å². The molecule has 112 valence electrons. The molecule has 22 heavy (non-hydrogen) atoms. The molecular formula is C16H15ClN4O. The van der Waals surface area contributed by atoms with Crippen LogP contribution < -0.4 is 0 Å². The lowest BCUT2D eigenvalue weighted by Gasteiger charge is -1.96. The molecule has 1 fully saturated rings. The maximum Gasteiger partial charge on any atom is 0.226 e. The Kier molecular flexibility index (Phi) is 3.22. The van der Waals surface area contributed by atoms with Crippen molar-refractivity contribution in [1.29, 1.82) is 0 Å². The Hall–Kier alpha value is -2.14. The van der Waals surface area contributed by atoms with Crippen molar-refractivity contribution >= 4 is 11.6 Å². The van der Waals surface area contributed by atoms with Gasteiger partial charge in [0.2, 0.25) is 5.89 Å². The van der Waals surface area contributed by atoms with Gasteiger partial charge in [-0.15, -0.1) is 0 Å². The molecule has 0 N–H and O–H groups in total. The molecule has 0 spiro atoms. The van der Waals surface area contributed by atoms with Gasteiger partial charge in [0.15, 0.2) is 5.82 Å². The molecule has 6 heteroatoms. The summed E-state index contributed by atoms with van der Waals surface area (Å²) in [6.07, 6.45) is 4.17. The van der Waals surface area contributed by atoms with Crippen molar-refractivity contribution in [3.8, 4) is 11.5 Å². The number of nitrogens with zero attached hydrogens (tertiary/aromatic N) is 4. The van der Waals surface area contributed by atoms with E-state index in [0.717, 1.165) is 22.8 Å². The van der Waals surface area contributed by atoms with Crippen LogP contribution in [0.1, 0.15) is 36.0 Å². The molecule has 0 amide bonds. The van der Waals surface area contributed by atoms with Gasteiger partial charge < -0.3 is 4.42 Å². The molecule has 0 aliphatic heterocycles. The average molecular weight is 315 g/mol. The number of hydrogen-bond donors (Lipinski definition) is 0. The Balaban J connectivity index is 1.59. The summed E-state index contributed by atoms with van der Waals surface area (Å²) in [7, 11) is 0. The summed E-state index contributed by atoms with van der Waals surface area (Å²) in [6, 6.07) is 7.49. The first-order chi connectivity index (χ1) is 10.7. The summed E-state index contributed by atoms with van der Waals surface area (Å²) in [5, 5.41) is 5.17. The minimum atomic E-state index is 0.557. The van der Waals surface area contributed by atoms with Crippen molar-refractivity contribution in [3.05, 3.63) is 52.9 Å². The third-order valence-electron chi connectivity index (χ3n) is 3.77. The lowest BCUT2D eigenvalue weighted by molar-refractivity contribution is 0.535. The minimum Gasteiger partial charge on any atom is -0.441 e. The molecule has 1 aliphatic rings. The van der Waals surface area contributed by atoms with E-state index in [2.05, 4.69) is 15.1 Å². The van der Waals surface area contributed by atoms with Crippen LogP contribution >= 0.6 is 11.6 Å². The third kappa shape index (κ3) is 2.64. The Morgan fingerprint density at radius 3 is 3.00 bits per heavy atom. The molecule has 0 saturated heterocycles. The number of aromatic nitrogens is 4. The summed E-state index contributed by atoms with van der Waals surface area (Å²) >= 11 is 6.02. The van der Waals surface area contributed by atoms with Gasteiger partial charge in [0.25, 0.3) is 0 Å². The smallest absolute Gasteiger partial charge is 0.226 e. The van der Waals surface area contributed by atoms with E-state index >= 15 is 0 Å². The Morgan fingerprint density at radius 2 is 2.23 bits per heavy atom. The van der Waals surface area contributed by atoms with Gasteiger partial charge in [-0.2, -0.15) is 5.10 Å². The topological polar surface area (TPSA) is 56.7 Å². The Bertz CT molecular complexity index is 819. The molecule has 1 saturated carbocycles. The van der Waals surface area contributed by atoms with Crippen LogP contribution in [0.3, 0.4) is 0 Å². The van der Waals surface area contributed by atoms with E-state index in [-0.39, 0.29) is 0 Å². The third-order valence-corrected chi connectivity index (χ3v) is 4.01. The van der Waals surface area contributed by atoms with Gasteiger partial charge in [-0.25, -0.2) is 14.6 Å². The molecule has 2 heterocycles. The van der Waals surface area contributed by atoms with Crippen LogP contribution in [0.2, 0.25) is 5.02 Å². The molecule has 0 unspecified atom stereocenters. The summed E-state index contributed by atoms with van der Waals surface area (Å²) in [6.45, 7) is 2.48. The van der Waals surface area contributed by atoms with Crippen LogP contribution in [0, 0.1) is 6.92 Å². The maximum absolute atomic E-state index is 6.02. The van der Waals surface area contributed by atoms with E-state index in [9.17, 15) is 0 Å². The fourth-order valence-electron chi connectivity index (χ4n) is 2.39. The zero-order chi connectivity index (χ0) is 15.1. The second-order valence-corrected chi connectivity index (χ2v) is 6.04. The number of rotatable bonds is 4. The summed E-state index contributed by atoms with van der Waals surface area (Å²) in [5.41, 5.74) is 1.74. The van der Waals surface area contributed by atoms with E-state index in [0.29, 0.717) is 23.4 Å². The Labute approximate surface area is 133 Å². The van der Waals surface area contributed by atoms with E-state index in [1.165, 1.54) is 12.8 Å². The molecule has 4 rings (SSSR count). The van der Waals surface area contributed by atoms with E-state index in [4.69, 9.17) is 16.0 Å². The van der Waals surface area contributed by atoms with Crippen molar-refractivity contribution in [2.24, 2.45) is 0 Å². The van der Waals surface area contributed by atoms with Crippen LogP contribution in [0.15, 0.2) is 35.0 Å². The molecule has 0 bridgehead atoms. The maximum atomic E-state index is 6.02. The van der Waals surface area contributed by atoms with Gasteiger partial charge in [-0.05, 0) is 38.0 Å². The van der Waals surface area contributed by atoms with Crippen molar-refractivity contribution in [1.82, 2.24) is 19.7 Å². The quantitative estimate of drug-likeness (QED) is 0.734. The van der Waals surface area contributed by atoms with Crippen LogP contribution in [0.5, 0.6) is 0 Å². The van der Waals surface area contributed by atoms with Gasteiger partial charge in [0, 0.05) is 16.5 Å². The van der Waals surface area contributed by atoms with E-state index < -0.39 is 0 Å². The van der Waals surface area contributed by atoms with E-state index in [1.807, 2.05) is 35.9 Å². The van der Waals surface area contributed by atoms with Crippen LogP contribution in [0.25, 0.3) is 11.5 Å². The first-order valence-corrected chi connectivity index (χ1v) is 7.68. The lowest BCUT2D eigenvalue weighted by atomic mass is 10.2. The summed E-state index contributed by atoms with van der Waals surface area (Å²) in [5.74, 6) is 2.87. The zero-order valence-electron chi connectivity index (χ0n) is 12.2.